The molecule has 0 bridgehead atoms. The van der Waals surface area contributed by atoms with Crippen molar-refractivity contribution in [2.45, 2.75) is 83.0 Å². The second-order valence-electron chi connectivity index (χ2n) is 13.4. The van der Waals surface area contributed by atoms with Crippen LogP contribution in [0.5, 0.6) is 0 Å². The number of primary amides is 2. The lowest BCUT2D eigenvalue weighted by atomic mass is 9.89. The third-order valence-corrected chi connectivity index (χ3v) is 8.04. The fraction of sp³-hybridized carbons (Fsp3) is 0.368. The molecule has 0 saturated heterocycles. The van der Waals surface area contributed by atoms with Crippen LogP contribution in [0.25, 0.3) is 0 Å². The van der Waals surface area contributed by atoms with E-state index in [1.165, 1.54) is 6.92 Å². The first-order valence-electron chi connectivity index (χ1n) is 16.4. The standard InChI is InChI=1S/C38H47N5O7/c1-37(2,3)50-36(49)42-30(23-26-16-10-6-11-17-26)31(44)24-27(22-25-14-8-5-9-15-25)33(46)41-29(20-21-32(39)45)34(47)43-38(4,35(40)48)28-18-12-7-13-19-28/h5-19,27,29-30H,20-24H2,1-4H3,(H2,39,45)(H2,40,48)(H,41,46)(H,42,49)(H,43,47)/t27?,29?,30-,38?/m0/s1. The lowest BCUT2D eigenvalue weighted by Crippen LogP contribution is -2.58. The van der Waals surface area contributed by atoms with Crippen LogP contribution in [0.1, 0.15) is 63.6 Å². The van der Waals surface area contributed by atoms with Gasteiger partial charge in [0, 0.05) is 18.8 Å². The van der Waals surface area contributed by atoms with E-state index >= 15 is 0 Å². The van der Waals surface area contributed by atoms with Gasteiger partial charge in [-0.15, -0.1) is 0 Å². The first-order chi connectivity index (χ1) is 23.6. The van der Waals surface area contributed by atoms with E-state index in [1.807, 2.05) is 36.4 Å². The largest absolute Gasteiger partial charge is 0.444 e. The molecule has 0 spiro atoms. The summed E-state index contributed by atoms with van der Waals surface area (Å²) in [5.74, 6) is -4.40. The summed E-state index contributed by atoms with van der Waals surface area (Å²) in [4.78, 5) is 78.9. The zero-order valence-corrected chi connectivity index (χ0v) is 28.9. The molecule has 0 saturated carbocycles. The van der Waals surface area contributed by atoms with Crippen LogP contribution in [-0.4, -0.2) is 53.2 Å². The number of carbonyl (C=O) groups excluding carboxylic acids is 6. The maximum Gasteiger partial charge on any atom is 0.408 e. The Morgan fingerprint density at radius 3 is 1.70 bits per heavy atom. The summed E-state index contributed by atoms with van der Waals surface area (Å²) in [5.41, 5.74) is 10.6. The molecule has 12 nitrogen and oxygen atoms in total. The first-order valence-corrected chi connectivity index (χ1v) is 16.4. The molecule has 50 heavy (non-hydrogen) atoms. The Labute approximate surface area is 292 Å². The van der Waals surface area contributed by atoms with Crippen LogP contribution in [0.2, 0.25) is 0 Å². The van der Waals surface area contributed by atoms with Crippen LogP contribution in [0, 0.1) is 5.92 Å². The summed E-state index contributed by atoms with van der Waals surface area (Å²) in [6, 6.07) is 24.1. The Morgan fingerprint density at radius 2 is 1.20 bits per heavy atom. The Balaban J connectivity index is 1.92. The zero-order valence-electron chi connectivity index (χ0n) is 28.9. The Morgan fingerprint density at radius 1 is 0.680 bits per heavy atom. The molecule has 3 aromatic rings. The summed E-state index contributed by atoms with van der Waals surface area (Å²) >= 11 is 0. The molecular formula is C38H47N5O7. The van der Waals surface area contributed by atoms with E-state index < -0.39 is 64.6 Å². The molecule has 7 N–H and O–H groups in total. The van der Waals surface area contributed by atoms with Gasteiger partial charge in [-0.05, 0) is 63.6 Å². The summed E-state index contributed by atoms with van der Waals surface area (Å²) < 4.78 is 5.42. The SMILES string of the molecule is CC(C)(C)OC(=O)N[C@@H](Cc1ccccc1)C(=O)CC(Cc1ccccc1)C(=O)NC(CCC(N)=O)C(=O)NC(C)(C(N)=O)c1ccccc1. The number of carbonyl (C=O) groups is 6. The summed E-state index contributed by atoms with van der Waals surface area (Å²) in [7, 11) is 0. The highest BCUT2D eigenvalue weighted by Gasteiger charge is 2.38. The zero-order chi connectivity index (χ0) is 36.9. The van der Waals surface area contributed by atoms with Crippen molar-refractivity contribution in [2.75, 3.05) is 0 Å². The lowest BCUT2D eigenvalue weighted by Gasteiger charge is -2.31. The topological polar surface area (TPSA) is 200 Å². The third kappa shape index (κ3) is 12.2. The van der Waals surface area contributed by atoms with E-state index in [0.29, 0.717) is 5.56 Å². The van der Waals surface area contributed by atoms with E-state index in [4.69, 9.17) is 16.2 Å². The molecule has 0 fully saturated rings. The number of Topliss-reactive ketones (excluding diaryl/α,β-unsaturated/α-hetero) is 1. The van der Waals surface area contributed by atoms with E-state index in [0.717, 1.165) is 11.1 Å². The van der Waals surface area contributed by atoms with Crippen molar-refractivity contribution in [3.05, 3.63) is 108 Å². The van der Waals surface area contributed by atoms with Crippen LogP contribution in [0.4, 0.5) is 4.79 Å². The summed E-state index contributed by atoms with van der Waals surface area (Å²) in [6.45, 7) is 6.56. The molecule has 0 radical (unpaired) electrons. The number of amides is 5. The van der Waals surface area contributed by atoms with Gasteiger partial charge in [0.25, 0.3) is 0 Å². The van der Waals surface area contributed by atoms with Gasteiger partial charge in [0.05, 0.1) is 6.04 Å². The molecule has 5 amide bonds. The van der Waals surface area contributed by atoms with Crippen LogP contribution in [-0.2, 0) is 47.1 Å². The van der Waals surface area contributed by atoms with E-state index in [9.17, 15) is 28.8 Å². The minimum atomic E-state index is -1.65. The molecule has 0 heterocycles. The average Bonchev–Trinajstić information content (AvgIpc) is 3.06. The highest BCUT2D eigenvalue weighted by molar-refractivity contribution is 5.96. The van der Waals surface area contributed by atoms with Crippen LogP contribution in [0.15, 0.2) is 91.0 Å². The molecule has 3 rings (SSSR count). The molecule has 0 aliphatic rings. The second kappa shape index (κ2) is 17.8. The molecular weight excluding hydrogens is 638 g/mol. The molecule has 266 valence electrons. The lowest BCUT2D eigenvalue weighted by molar-refractivity contribution is -0.136. The third-order valence-electron chi connectivity index (χ3n) is 8.04. The van der Waals surface area contributed by atoms with Gasteiger partial charge >= 0.3 is 6.09 Å². The molecule has 0 aliphatic heterocycles. The van der Waals surface area contributed by atoms with Crippen molar-refractivity contribution in [3.8, 4) is 0 Å². The van der Waals surface area contributed by atoms with Crippen molar-refractivity contribution in [1.82, 2.24) is 16.0 Å². The Bertz CT molecular complexity index is 1630. The minimum Gasteiger partial charge on any atom is -0.444 e. The van der Waals surface area contributed by atoms with Crippen molar-refractivity contribution in [2.24, 2.45) is 17.4 Å². The Kier molecular flexibility index (Phi) is 13.8. The normalized spacial score (nSPS) is 14.2. The Hall–Kier alpha value is -5.52. The fourth-order valence-electron chi connectivity index (χ4n) is 5.31. The van der Waals surface area contributed by atoms with Gasteiger partial charge in [-0.1, -0.05) is 91.0 Å². The molecule has 3 aromatic carbocycles. The highest BCUT2D eigenvalue weighted by Crippen LogP contribution is 2.22. The van der Waals surface area contributed by atoms with Gasteiger partial charge in [0.2, 0.25) is 23.6 Å². The number of nitrogens with one attached hydrogen (secondary N) is 3. The predicted octanol–water partition coefficient (Wildman–Crippen LogP) is 3.21. The molecule has 0 aromatic heterocycles. The average molecular weight is 686 g/mol. The van der Waals surface area contributed by atoms with Gasteiger partial charge in [0.15, 0.2) is 5.78 Å². The molecule has 4 atom stereocenters. The molecule has 0 aliphatic carbocycles. The van der Waals surface area contributed by atoms with Crippen molar-refractivity contribution >= 4 is 35.5 Å². The van der Waals surface area contributed by atoms with Crippen LogP contribution in [0.3, 0.4) is 0 Å². The van der Waals surface area contributed by atoms with Crippen LogP contribution < -0.4 is 27.4 Å². The number of ketones is 1. The summed E-state index contributed by atoms with van der Waals surface area (Å²) in [5, 5.41) is 8.01. The van der Waals surface area contributed by atoms with Gasteiger partial charge in [-0.3, -0.25) is 24.0 Å². The van der Waals surface area contributed by atoms with Crippen LogP contribution >= 0.6 is 0 Å². The second-order valence-corrected chi connectivity index (χ2v) is 13.4. The smallest absolute Gasteiger partial charge is 0.408 e. The van der Waals surface area contributed by atoms with Gasteiger partial charge in [-0.2, -0.15) is 0 Å². The molecule has 3 unspecified atom stereocenters. The highest BCUT2D eigenvalue weighted by atomic mass is 16.6. The number of hydrogen-bond acceptors (Lipinski definition) is 7. The van der Waals surface area contributed by atoms with E-state index in [1.54, 1.807) is 75.4 Å². The van der Waals surface area contributed by atoms with Gasteiger partial charge < -0.3 is 32.2 Å². The quantitative estimate of drug-likeness (QED) is 0.144. The fourth-order valence-corrected chi connectivity index (χ4v) is 5.31. The summed E-state index contributed by atoms with van der Waals surface area (Å²) in [6.07, 6.45) is -1.25. The monoisotopic (exact) mass is 685 g/mol. The van der Waals surface area contributed by atoms with Gasteiger partial charge in [0.1, 0.15) is 17.2 Å². The van der Waals surface area contributed by atoms with E-state index in [2.05, 4.69) is 16.0 Å². The molecule has 12 heteroatoms. The first kappa shape index (κ1) is 38.9. The number of ether oxygens (including phenoxy) is 1. The number of benzene rings is 3. The number of nitrogens with two attached hydrogens (primary N) is 2. The maximum atomic E-state index is 14.0. The number of rotatable bonds is 17. The van der Waals surface area contributed by atoms with Crippen molar-refractivity contribution in [1.29, 1.82) is 0 Å². The number of alkyl carbamates (subject to hydrolysis) is 1. The van der Waals surface area contributed by atoms with Crippen molar-refractivity contribution in [3.63, 3.8) is 0 Å². The maximum absolute atomic E-state index is 14.0. The number of hydrogen-bond donors (Lipinski definition) is 5. The van der Waals surface area contributed by atoms with Crippen molar-refractivity contribution < 1.29 is 33.5 Å². The minimum absolute atomic E-state index is 0.121. The van der Waals surface area contributed by atoms with E-state index in [-0.39, 0.29) is 32.1 Å². The predicted molar refractivity (Wildman–Crippen MR) is 188 cm³/mol. The van der Waals surface area contributed by atoms with Gasteiger partial charge in [-0.25, -0.2) is 4.79 Å².